The van der Waals surface area contributed by atoms with Gasteiger partial charge in [0.05, 0.1) is 11.1 Å². The normalized spacial score (nSPS) is 14.1. The van der Waals surface area contributed by atoms with Gasteiger partial charge in [0.15, 0.2) is 0 Å². The Balaban J connectivity index is 1.83. The number of rotatable bonds is 2. The van der Waals surface area contributed by atoms with Crippen LogP contribution >= 0.6 is 11.3 Å². The van der Waals surface area contributed by atoms with E-state index in [1.54, 1.807) is 0 Å². The van der Waals surface area contributed by atoms with Gasteiger partial charge in [0, 0.05) is 12.6 Å². The topological polar surface area (TPSA) is 92.3 Å². The standard InChI is InChI=1S/C13H7F3N4O3S/c1-20-9(22)6-3-2-5(4-7(6)10(20)23)8(21)17-12-19-18-11(24-12)13(14,15)16/h2-4H,1H3,(H,17,19,21). The fourth-order valence-electron chi connectivity index (χ4n) is 2.06. The lowest BCUT2D eigenvalue weighted by atomic mass is 10.1. The van der Waals surface area contributed by atoms with Gasteiger partial charge in [-0.3, -0.25) is 24.6 Å². The van der Waals surface area contributed by atoms with Crippen LogP contribution in [0.1, 0.15) is 36.1 Å². The van der Waals surface area contributed by atoms with Crippen molar-refractivity contribution in [3.05, 3.63) is 39.9 Å². The van der Waals surface area contributed by atoms with Crippen LogP contribution in [0, 0.1) is 0 Å². The number of halogens is 3. The van der Waals surface area contributed by atoms with Crippen molar-refractivity contribution in [2.45, 2.75) is 6.18 Å². The smallest absolute Gasteiger partial charge is 0.296 e. The van der Waals surface area contributed by atoms with E-state index >= 15 is 0 Å². The van der Waals surface area contributed by atoms with Crippen molar-refractivity contribution in [3.63, 3.8) is 0 Å². The lowest BCUT2D eigenvalue weighted by molar-refractivity contribution is -0.138. The van der Waals surface area contributed by atoms with E-state index in [9.17, 15) is 27.6 Å². The molecule has 11 heteroatoms. The van der Waals surface area contributed by atoms with E-state index in [4.69, 9.17) is 0 Å². The zero-order valence-electron chi connectivity index (χ0n) is 11.8. The molecule has 1 N–H and O–H groups in total. The first-order valence-electron chi connectivity index (χ1n) is 6.37. The molecule has 0 unspecified atom stereocenters. The molecule has 0 spiro atoms. The number of hydrogen-bond donors (Lipinski definition) is 1. The van der Waals surface area contributed by atoms with Crippen molar-refractivity contribution in [3.8, 4) is 0 Å². The molecule has 0 fully saturated rings. The molecule has 2 aromatic rings. The summed E-state index contributed by atoms with van der Waals surface area (Å²) >= 11 is 0.181. The maximum Gasteiger partial charge on any atom is 0.445 e. The molecular weight excluding hydrogens is 349 g/mol. The molecular formula is C13H7F3N4O3S. The molecule has 0 atom stereocenters. The van der Waals surface area contributed by atoms with Crippen LogP contribution in [0.15, 0.2) is 18.2 Å². The summed E-state index contributed by atoms with van der Waals surface area (Å²) in [4.78, 5) is 36.6. The van der Waals surface area contributed by atoms with Crippen LogP contribution in [0.5, 0.6) is 0 Å². The third-order valence-electron chi connectivity index (χ3n) is 3.24. The summed E-state index contributed by atoms with van der Waals surface area (Å²) in [5.41, 5.74) is 0.228. The van der Waals surface area contributed by atoms with Gasteiger partial charge in [0.2, 0.25) is 10.1 Å². The molecule has 0 saturated heterocycles. The van der Waals surface area contributed by atoms with E-state index in [1.807, 2.05) is 0 Å². The maximum absolute atomic E-state index is 12.4. The lowest BCUT2D eigenvalue weighted by Gasteiger charge is -2.03. The molecule has 0 saturated carbocycles. The third-order valence-corrected chi connectivity index (χ3v) is 4.12. The highest BCUT2D eigenvalue weighted by Gasteiger charge is 2.36. The molecule has 1 aliphatic rings. The van der Waals surface area contributed by atoms with Gasteiger partial charge in [0.25, 0.3) is 17.7 Å². The highest BCUT2D eigenvalue weighted by molar-refractivity contribution is 7.15. The second-order valence-electron chi connectivity index (χ2n) is 4.79. The molecule has 7 nitrogen and oxygen atoms in total. The molecule has 24 heavy (non-hydrogen) atoms. The summed E-state index contributed by atoms with van der Waals surface area (Å²) in [6.45, 7) is 0. The van der Waals surface area contributed by atoms with Crippen LogP contribution in [0.2, 0.25) is 0 Å². The quantitative estimate of drug-likeness (QED) is 0.832. The Kier molecular flexibility index (Phi) is 3.59. The van der Waals surface area contributed by atoms with Crippen molar-refractivity contribution in [2.24, 2.45) is 0 Å². The fourth-order valence-corrected chi connectivity index (χ4v) is 2.67. The lowest BCUT2D eigenvalue weighted by Crippen LogP contribution is -2.24. The van der Waals surface area contributed by atoms with Gasteiger partial charge < -0.3 is 0 Å². The monoisotopic (exact) mass is 356 g/mol. The molecule has 1 aliphatic heterocycles. The van der Waals surface area contributed by atoms with E-state index in [-0.39, 0.29) is 33.2 Å². The predicted molar refractivity (Wildman–Crippen MR) is 75.7 cm³/mol. The number of carbonyl (C=O) groups is 3. The number of carbonyl (C=O) groups excluding carboxylic acids is 3. The number of fused-ring (bicyclic) bond motifs is 1. The SMILES string of the molecule is CN1C(=O)c2ccc(C(=O)Nc3nnc(C(F)(F)F)s3)cc2C1=O. The number of hydrogen-bond acceptors (Lipinski definition) is 6. The van der Waals surface area contributed by atoms with Crippen LogP contribution < -0.4 is 5.32 Å². The Labute approximate surface area is 136 Å². The zero-order valence-corrected chi connectivity index (χ0v) is 12.7. The first kappa shape index (κ1) is 16.1. The number of amides is 3. The summed E-state index contributed by atoms with van der Waals surface area (Å²) in [5, 5.41) is 6.86. The first-order chi connectivity index (χ1) is 11.2. The number of alkyl halides is 3. The first-order valence-corrected chi connectivity index (χ1v) is 7.18. The van der Waals surface area contributed by atoms with Gasteiger partial charge in [-0.2, -0.15) is 13.2 Å². The van der Waals surface area contributed by atoms with E-state index in [1.165, 1.54) is 25.2 Å². The van der Waals surface area contributed by atoms with Gasteiger partial charge >= 0.3 is 6.18 Å². The second-order valence-corrected chi connectivity index (χ2v) is 5.77. The Morgan fingerprint density at radius 1 is 1.17 bits per heavy atom. The predicted octanol–water partition coefficient (Wildman–Crippen LogP) is 2.04. The number of imide groups is 1. The van der Waals surface area contributed by atoms with Crippen molar-refractivity contribution in [1.82, 2.24) is 15.1 Å². The van der Waals surface area contributed by atoms with Crippen LogP contribution in [0.4, 0.5) is 18.3 Å². The average Bonchev–Trinajstić information content (AvgIpc) is 3.07. The number of anilines is 1. The molecule has 1 aromatic carbocycles. The Morgan fingerprint density at radius 2 is 1.83 bits per heavy atom. The highest BCUT2D eigenvalue weighted by atomic mass is 32.1. The van der Waals surface area contributed by atoms with E-state index in [0.717, 1.165) is 4.90 Å². The highest BCUT2D eigenvalue weighted by Crippen LogP contribution is 2.33. The molecule has 0 radical (unpaired) electrons. The number of benzene rings is 1. The fraction of sp³-hybridized carbons (Fsp3) is 0.154. The number of aromatic nitrogens is 2. The Morgan fingerprint density at radius 3 is 2.46 bits per heavy atom. The molecule has 124 valence electrons. The molecule has 3 rings (SSSR count). The number of nitrogens with one attached hydrogen (secondary N) is 1. The van der Waals surface area contributed by atoms with Crippen molar-refractivity contribution in [2.75, 3.05) is 12.4 Å². The van der Waals surface area contributed by atoms with Crippen LogP contribution in [-0.2, 0) is 6.18 Å². The summed E-state index contributed by atoms with van der Waals surface area (Å²) in [5.74, 6) is -1.81. The van der Waals surface area contributed by atoms with Gasteiger partial charge in [-0.15, -0.1) is 10.2 Å². The minimum atomic E-state index is -4.65. The molecule has 2 heterocycles. The summed E-state index contributed by atoms with van der Waals surface area (Å²) in [6.07, 6.45) is -4.65. The van der Waals surface area contributed by atoms with Crippen molar-refractivity contribution >= 4 is 34.2 Å². The van der Waals surface area contributed by atoms with Gasteiger partial charge in [-0.05, 0) is 18.2 Å². The van der Waals surface area contributed by atoms with Crippen LogP contribution in [-0.4, -0.2) is 39.9 Å². The average molecular weight is 356 g/mol. The van der Waals surface area contributed by atoms with Crippen molar-refractivity contribution in [1.29, 1.82) is 0 Å². The van der Waals surface area contributed by atoms with E-state index in [0.29, 0.717) is 0 Å². The molecule has 1 aromatic heterocycles. The second kappa shape index (κ2) is 5.37. The molecule has 0 aliphatic carbocycles. The summed E-state index contributed by atoms with van der Waals surface area (Å²) < 4.78 is 37.3. The zero-order chi connectivity index (χ0) is 17.6. The van der Waals surface area contributed by atoms with E-state index < -0.39 is 28.9 Å². The minimum Gasteiger partial charge on any atom is -0.296 e. The largest absolute Gasteiger partial charge is 0.445 e. The minimum absolute atomic E-state index is 0.00830. The maximum atomic E-state index is 12.4. The molecule has 0 bridgehead atoms. The third kappa shape index (κ3) is 2.62. The van der Waals surface area contributed by atoms with Crippen molar-refractivity contribution < 1.29 is 27.6 Å². The molecule has 3 amide bonds. The van der Waals surface area contributed by atoms with Gasteiger partial charge in [0.1, 0.15) is 0 Å². The Bertz CT molecular complexity index is 878. The van der Waals surface area contributed by atoms with Crippen LogP contribution in [0.25, 0.3) is 0 Å². The van der Waals surface area contributed by atoms with E-state index in [2.05, 4.69) is 15.5 Å². The summed E-state index contributed by atoms with van der Waals surface area (Å²) in [7, 11) is 1.31. The number of nitrogens with zero attached hydrogens (tertiary/aromatic N) is 3. The summed E-state index contributed by atoms with van der Waals surface area (Å²) in [6, 6.07) is 3.82. The van der Waals surface area contributed by atoms with Crippen LogP contribution in [0.3, 0.4) is 0 Å². The Hall–Kier alpha value is -2.82. The van der Waals surface area contributed by atoms with Gasteiger partial charge in [-0.25, -0.2) is 0 Å². The van der Waals surface area contributed by atoms with Gasteiger partial charge in [-0.1, -0.05) is 11.3 Å².